The highest BCUT2D eigenvalue weighted by Crippen LogP contribution is 2.29. The molecule has 4 nitrogen and oxygen atoms in total. The van der Waals surface area contributed by atoms with Crippen LogP contribution in [-0.2, 0) is 4.79 Å². The maximum absolute atomic E-state index is 12.7. The Bertz CT molecular complexity index is 893. The number of carbonyl (C=O) groups is 1. The zero-order chi connectivity index (χ0) is 19.1. The number of para-hydroxylation sites is 3. The Morgan fingerprint density at radius 2 is 1.63 bits per heavy atom. The van der Waals surface area contributed by atoms with Crippen molar-refractivity contribution in [3.63, 3.8) is 0 Å². The first-order chi connectivity index (χ1) is 13.2. The minimum Gasteiger partial charge on any atom is -0.481 e. The van der Waals surface area contributed by atoms with Crippen molar-refractivity contribution in [2.45, 2.75) is 26.4 Å². The SMILES string of the molecule is CCC(Oc1cccc(C)c1)C(=O)Nc1ccccc1Oc1ccccc1. The molecule has 1 unspecified atom stereocenters. The molecule has 0 saturated carbocycles. The molecular formula is C23H23NO3. The number of hydrogen-bond acceptors (Lipinski definition) is 3. The van der Waals surface area contributed by atoms with Crippen molar-refractivity contribution in [3.05, 3.63) is 84.4 Å². The van der Waals surface area contributed by atoms with Crippen LogP contribution in [0.5, 0.6) is 17.2 Å². The predicted molar refractivity (Wildman–Crippen MR) is 107 cm³/mol. The molecule has 27 heavy (non-hydrogen) atoms. The molecule has 0 heterocycles. The van der Waals surface area contributed by atoms with Crippen LogP contribution in [0.3, 0.4) is 0 Å². The van der Waals surface area contributed by atoms with E-state index < -0.39 is 6.10 Å². The van der Waals surface area contributed by atoms with Gasteiger partial charge in [0.05, 0.1) is 5.69 Å². The van der Waals surface area contributed by atoms with Gasteiger partial charge in [-0.15, -0.1) is 0 Å². The lowest BCUT2D eigenvalue weighted by atomic mass is 10.2. The van der Waals surface area contributed by atoms with Gasteiger partial charge in [0.1, 0.15) is 11.5 Å². The minimum atomic E-state index is -0.586. The number of amides is 1. The molecule has 138 valence electrons. The van der Waals surface area contributed by atoms with Gasteiger partial charge in [-0.25, -0.2) is 0 Å². The molecular weight excluding hydrogens is 338 g/mol. The highest BCUT2D eigenvalue weighted by molar-refractivity contribution is 5.95. The molecule has 0 saturated heterocycles. The molecule has 0 spiro atoms. The van der Waals surface area contributed by atoms with E-state index in [-0.39, 0.29) is 5.91 Å². The molecule has 3 aromatic rings. The first-order valence-corrected chi connectivity index (χ1v) is 9.02. The van der Waals surface area contributed by atoms with Crippen LogP contribution < -0.4 is 14.8 Å². The number of anilines is 1. The molecule has 1 atom stereocenters. The van der Waals surface area contributed by atoms with Crippen molar-refractivity contribution < 1.29 is 14.3 Å². The summed E-state index contributed by atoms with van der Waals surface area (Å²) in [6.07, 6.45) is -0.0295. The van der Waals surface area contributed by atoms with Crippen molar-refractivity contribution in [1.29, 1.82) is 0 Å². The maximum Gasteiger partial charge on any atom is 0.265 e. The summed E-state index contributed by atoms with van der Waals surface area (Å²) in [4.78, 5) is 12.7. The van der Waals surface area contributed by atoms with Crippen LogP contribution in [0, 0.1) is 6.92 Å². The Labute approximate surface area is 159 Å². The van der Waals surface area contributed by atoms with E-state index in [9.17, 15) is 4.79 Å². The lowest BCUT2D eigenvalue weighted by Gasteiger charge is -2.19. The number of ether oxygens (including phenoxy) is 2. The third-order valence-corrected chi connectivity index (χ3v) is 4.05. The largest absolute Gasteiger partial charge is 0.481 e. The molecule has 0 bridgehead atoms. The number of rotatable bonds is 7. The molecule has 0 radical (unpaired) electrons. The van der Waals surface area contributed by atoms with Gasteiger partial charge in [-0.3, -0.25) is 4.79 Å². The molecule has 1 amide bonds. The lowest BCUT2D eigenvalue weighted by molar-refractivity contribution is -0.122. The number of aryl methyl sites for hydroxylation is 1. The average molecular weight is 361 g/mol. The third-order valence-electron chi connectivity index (χ3n) is 4.05. The smallest absolute Gasteiger partial charge is 0.265 e. The van der Waals surface area contributed by atoms with Gasteiger partial charge in [-0.05, 0) is 55.3 Å². The number of benzene rings is 3. The van der Waals surface area contributed by atoms with Gasteiger partial charge in [0.15, 0.2) is 11.9 Å². The van der Waals surface area contributed by atoms with Crippen molar-refractivity contribution in [2.75, 3.05) is 5.32 Å². The van der Waals surface area contributed by atoms with Crippen LogP contribution in [-0.4, -0.2) is 12.0 Å². The Morgan fingerprint density at radius 3 is 2.37 bits per heavy atom. The zero-order valence-electron chi connectivity index (χ0n) is 15.5. The summed E-state index contributed by atoms with van der Waals surface area (Å²) in [6, 6.07) is 24.5. The quantitative estimate of drug-likeness (QED) is 0.597. The van der Waals surface area contributed by atoms with E-state index in [1.807, 2.05) is 92.7 Å². The normalized spacial score (nSPS) is 11.5. The second-order valence-electron chi connectivity index (χ2n) is 6.23. The summed E-state index contributed by atoms with van der Waals surface area (Å²) < 4.78 is 11.8. The Hall–Kier alpha value is -3.27. The van der Waals surface area contributed by atoms with Gasteiger partial charge in [0, 0.05) is 0 Å². The van der Waals surface area contributed by atoms with Crippen molar-refractivity contribution in [3.8, 4) is 17.2 Å². The summed E-state index contributed by atoms with van der Waals surface area (Å²) >= 11 is 0. The van der Waals surface area contributed by atoms with Gasteiger partial charge >= 0.3 is 0 Å². The fourth-order valence-corrected chi connectivity index (χ4v) is 2.66. The zero-order valence-corrected chi connectivity index (χ0v) is 15.5. The van der Waals surface area contributed by atoms with Crippen molar-refractivity contribution in [2.24, 2.45) is 0 Å². The topological polar surface area (TPSA) is 47.6 Å². The fourth-order valence-electron chi connectivity index (χ4n) is 2.66. The second-order valence-corrected chi connectivity index (χ2v) is 6.23. The molecule has 3 aromatic carbocycles. The summed E-state index contributed by atoms with van der Waals surface area (Å²) in [5, 5.41) is 2.93. The standard InChI is InChI=1S/C23H23NO3/c1-3-21(27-19-13-9-10-17(2)16-19)23(25)24-20-14-7-8-15-22(20)26-18-11-5-4-6-12-18/h4-16,21H,3H2,1-2H3,(H,24,25). The highest BCUT2D eigenvalue weighted by Gasteiger charge is 2.20. The fraction of sp³-hybridized carbons (Fsp3) is 0.174. The van der Waals surface area contributed by atoms with Gasteiger partial charge in [0.25, 0.3) is 5.91 Å². The van der Waals surface area contributed by atoms with Gasteiger partial charge in [0.2, 0.25) is 0 Å². The van der Waals surface area contributed by atoms with Crippen LogP contribution in [0.25, 0.3) is 0 Å². The Morgan fingerprint density at radius 1 is 0.926 bits per heavy atom. The molecule has 4 heteroatoms. The number of carbonyl (C=O) groups excluding carboxylic acids is 1. The van der Waals surface area contributed by atoms with Crippen molar-refractivity contribution in [1.82, 2.24) is 0 Å². The van der Waals surface area contributed by atoms with E-state index in [4.69, 9.17) is 9.47 Å². The van der Waals surface area contributed by atoms with E-state index in [2.05, 4.69) is 5.32 Å². The van der Waals surface area contributed by atoms with E-state index in [1.165, 1.54) is 0 Å². The van der Waals surface area contributed by atoms with E-state index in [0.717, 1.165) is 5.56 Å². The summed E-state index contributed by atoms with van der Waals surface area (Å²) in [7, 11) is 0. The summed E-state index contributed by atoms with van der Waals surface area (Å²) in [5.41, 5.74) is 1.70. The molecule has 0 aliphatic heterocycles. The van der Waals surface area contributed by atoms with Gasteiger partial charge in [-0.2, -0.15) is 0 Å². The monoisotopic (exact) mass is 361 g/mol. The number of hydrogen-bond donors (Lipinski definition) is 1. The van der Waals surface area contributed by atoms with E-state index in [1.54, 1.807) is 0 Å². The molecule has 0 aliphatic rings. The molecule has 0 aromatic heterocycles. The van der Waals surface area contributed by atoms with Crippen LogP contribution in [0.2, 0.25) is 0 Å². The highest BCUT2D eigenvalue weighted by atomic mass is 16.5. The predicted octanol–water partition coefficient (Wildman–Crippen LogP) is 5.58. The van der Waals surface area contributed by atoms with Crippen LogP contribution >= 0.6 is 0 Å². The maximum atomic E-state index is 12.7. The summed E-state index contributed by atoms with van der Waals surface area (Å²) in [5.74, 6) is 1.78. The van der Waals surface area contributed by atoms with E-state index >= 15 is 0 Å². The Balaban J connectivity index is 1.72. The molecule has 0 aliphatic carbocycles. The second kappa shape index (κ2) is 8.90. The third kappa shape index (κ3) is 5.11. The first-order valence-electron chi connectivity index (χ1n) is 9.02. The lowest BCUT2D eigenvalue weighted by Crippen LogP contribution is -2.32. The Kier molecular flexibility index (Phi) is 6.10. The van der Waals surface area contributed by atoms with Crippen LogP contribution in [0.4, 0.5) is 5.69 Å². The van der Waals surface area contributed by atoms with Gasteiger partial charge < -0.3 is 14.8 Å². The molecule has 1 N–H and O–H groups in total. The first kappa shape index (κ1) is 18.5. The van der Waals surface area contributed by atoms with Crippen molar-refractivity contribution >= 4 is 11.6 Å². The summed E-state index contributed by atoms with van der Waals surface area (Å²) in [6.45, 7) is 3.91. The van der Waals surface area contributed by atoms with Crippen LogP contribution in [0.15, 0.2) is 78.9 Å². The van der Waals surface area contributed by atoms with E-state index in [0.29, 0.717) is 29.4 Å². The minimum absolute atomic E-state index is 0.205. The molecule has 3 rings (SSSR count). The van der Waals surface area contributed by atoms with Crippen LogP contribution in [0.1, 0.15) is 18.9 Å². The average Bonchev–Trinajstić information content (AvgIpc) is 2.68. The van der Waals surface area contributed by atoms with Gasteiger partial charge in [-0.1, -0.05) is 49.4 Å². The number of nitrogens with one attached hydrogen (secondary N) is 1. The molecule has 0 fully saturated rings.